The molecule has 1 saturated carbocycles. The van der Waals surface area contributed by atoms with Crippen LogP contribution in [0.5, 0.6) is 0 Å². The summed E-state index contributed by atoms with van der Waals surface area (Å²) < 4.78 is 69.5. The van der Waals surface area contributed by atoms with Crippen molar-refractivity contribution in [2.45, 2.75) is 69.2 Å². The molecule has 1 N–H and O–H groups in total. The third kappa shape index (κ3) is 6.27. The van der Waals surface area contributed by atoms with Crippen LogP contribution in [0.1, 0.15) is 37.8 Å². The quantitative estimate of drug-likeness (QED) is 0.534. The zero-order valence-corrected chi connectivity index (χ0v) is 20.5. The normalized spacial score (nSPS) is 30.5. The summed E-state index contributed by atoms with van der Waals surface area (Å²) in [6, 6.07) is 4.90. The highest BCUT2D eigenvalue weighted by molar-refractivity contribution is 5.85. The van der Waals surface area contributed by atoms with Gasteiger partial charge in [0.25, 0.3) is 5.91 Å². The Hall–Kier alpha value is -2.02. The van der Waals surface area contributed by atoms with E-state index in [2.05, 4.69) is 12.0 Å². The lowest BCUT2D eigenvalue weighted by Gasteiger charge is -2.44. The molecule has 2 saturated heterocycles. The number of amides is 1. The van der Waals surface area contributed by atoms with Crippen LogP contribution >= 0.6 is 0 Å². The third-order valence-electron chi connectivity index (χ3n) is 6.53. The van der Waals surface area contributed by atoms with Crippen molar-refractivity contribution >= 4 is 5.91 Å². The Balaban J connectivity index is 1.61. The van der Waals surface area contributed by atoms with Gasteiger partial charge in [0.2, 0.25) is 0 Å². The molecular formula is C25H33F3N2O6. The molecule has 1 amide bonds. The van der Waals surface area contributed by atoms with Crippen LogP contribution in [-0.2, 0) is 41.3 Å². The van der Waals surface area contributed by atoms with Gasteiger partial charge in [-0.2, -0.15) is 13.2 Å². The van der Waals surface area contributed by atoms with Gasteiger partial charge in [0.15, 0.2) is 11.4 Å². The van der Waals surface area contributed by atoms with E-state index >= 15 is 0 Å². The number of morpholine rings is 1. The number of rotatable bonds is 8. The van der Waals surface area contributed by atoms with Gasteiger partial charge >= 0.3 is 6.18 Å². The van der Waals surface area contributed by atoms with Gasteiger partial charge in [-0.3, -0.25) is 10.2 Å². The molecule has 200 valence electrons. The summed E-state index contributed by atoms with van der Waals surface area (Å²) in [7, 11) is 0. The first-order valence-electron chi connectivity index (χ1n) is 12.0. The molecule has 1 aromatic rings. The molecule has 2 heterocycles. The maximum atomic E-state index is 13.7. The molecule has 11 heteroatoms. The van der Waals surface area contributed by atoms with Crippen LogP contribution in [0.25, 0.3) is 0 Å². The average Bonchev–Trinajstić information content (AvgIpc) is 3.15. The molecule has 2 aliphatic heterocycles. The number of hydrazine groups is 1. The van der Waals surface area contributed by atoms with Crippen molar-refractivity contribution in [1.82, 2.24) is 10.4 Å². The topological polar surface area (TPSA) is 78.5 Å². The number of ether oxygens (including phenoxy) is 5. The number of nitrogens with zero attached hydrogens (tertiary/aromatic N) is 1. The molecule has 3 fully saturated rings. The number of halogens is 3. The van der Waals surface area contributed by atoms with Gasteiger partial charge < -0.3 is 23.7 Å². The van der Waals surface area contributed by atoms with Gasteiger partial charge in [0.1, 0.15) is 6.10 Å². The zero-order valence-electron chi connectivity index (χ0n) is 20.5. The Kier molecular flexibility index (Phi) is 8.08. The van der Waals surface area contributed by atoms with E-state index in [0.717, 1.165) is 12.1 Å². The first-order valence-corrected chi connectivity index (χ1v) is 12.0. The van der Waals surface area contributed by atoms with Gasteiger partial charge in [-0.15, -0.1) is 6.58 Å². The van der Waals surface area contributed by atoms with Gasteiger partial charge in [-0.1, -0.05) is 18.2 Å². The maximum absolute atomic E-state index is 13.7. The number of benzene rings is 1. The summed E-state index contributed by atoms with van der Waals surface area (Å²) in [5, 5.41) is 1.75. The highest BCUT2D eigenvalue weighted by Crippen LogP contribution is 2.44. The highest BCUT2D eigenvalue weighted by Gasteiger charge is 2.58. The lowest BCUT2D eigenvalue weighted by molar-refractivity contribution is -0.185. The second-order valence-corrected chi connectivity index (χ2v) is 9.73. The van der Waals surface area contributed by atoms with Crippen molar-refractivity contribution in [2.24, 2.45) is 0 Å². The van der Waals surface area contributed by atoms with Crippen molar-refractivity contribution < 1.29 is 41.7 Å². The minimum absolute atomic E-state index is 0.135. The van der Waals surface area contributed by atoms with E-state index in [-0.39, 0.29) is 26.1 Å². The molecule has 0 spiro atoms. The number of nitrogens with one attached hydrogen (secondary N) is 1. The Bertz CT molecular complexity index is 937. The molecule has 8 nitrogen and oxygen atoms in total. The summed E-state index contributed by atoms with van der Waals surface area (Å²) >= 11 is 0. The van der Waals surface area contributed by atoms with Gasteiger partial charge in [0, 0.05) is 25.9 Å². The van der Waals surface area contributed by atoms with Crippen LogP contribution in [-0.4, -0.2) is 73.5 Å². The van der Waals surface area contributed by atoms with Crippen LogP contribution in [0.15, 0.2) is 36.9 Å². The number of alkyl halides is 3. The predicted octanol–water partition coefficient (Wildman–Crippen LogP) is 3.21. The smallest absolute Gasteiger partial charge is 0.379 e. The van der Waals surface area contributed by atoms with E-state index < -0.39 is 47.3 Å². The summed E-state index contributed by atoms with van der Waals surface area (Å²) in [4.78, 5) is 13.7. The van der Waals surface area contributed by atoms with Gasteiger partial charge in [-0.25, -0.2) is 5.01 Å². The Morgan fingerprint density at radius 2 is 2.00 bits per heavy atom. The molecule has 4 rings (SSSR count). The number of hydrogen-bond acceptors (Lipinski definition) is 7. The maximum Gasteiger partial charge on any atom is 0.416 e. The van der Waals surface area contributed by atoms with Gasteiger partial charge in [0.05, 0.1) is 44.2 Å². The Labute approximate surface area is 208 Å². The van der Waals surface area contributed by atoms with E-state index in [4.69, 9.17) is 23.7 Å². The minimum atomic E-state index is -4.48. The molecule has 0 aromatic heterocycles. The second-order valence-electron chi connectivity index (χ2n) is 9.73. The number of carbonyl (C=O) groups excluding carboxylic acids is 1. The predicted molar refractivity (Wildman–Crippen MR) is 122 cm³/mol. The van der Waals surface area contributed by atoms with E-state index in [0.29, 0.717) is 31.9 Å². The molecule has 4 atom stereocenters. The first kappa shape index (κ1) is 27.0. The fraction of sp³-hybridized carbons (Fsp3) is 0.640. The van der Waals surface area contributed by atoms with Crippen LogP contribution in [0.3, 0.4) is 0 Å². The monoisotopic (exact) mass is 514 g/mol. The summed E-state index contributed by atoms with van der Waals surface area (Å²) in [6.45, 7) is 9.25. The Morgan fingerprint density at radius 1 is 1.25 bits per heavy atom. The first-order chi connectivity index (χ1) is 17.0. The van der Waals surface area contributed by atoms with Crippen molar-refractivity contribution in [2.75, 3.05) is 32.9 Å². The third-order valence-corrected chi connectivity index (χ3v) is 6.53. The zero-order chi connectivity index (χ0) is 26.0. The summed E-state index contributed by atoms with van der Waals surface area (Å²) in [5.41, 5.74) is 1.02. The fourth-order valence-corrected chi connectivity index (χ4v) is 4.88. The van der Waals surface area contributed by atoms with E-state index in [9.17, 15) is 18.0 Å². The molecule has 0 bridgehead atoms. The standard InChI is InChI=1S/C25H33F3N2O6/c1-4-10-33-19-14-24(15-20-21(19)36-23(2,3)35-20,22(31)29-30-8-11-32-12-9-30)34-16-17-6-5-7-18(13-17)25(26,27)28/h4-7,13,19-21H,1,8-12,14-16H2,2-3H3,(H,29,31)/t19?,20-,21+,24-/m1/s1. The van der Waals surface area contributed by atoms with Crippen molar-refractivity contribution in [1.29, 1.82) is 0 Å². The van der Waals surface area contributed by atoms with Crippen LogP contribution < -0.4 is 5.43 Å². The van der Waals surface area contributed by atoms with E-state index in [1.807, 2.05) is 0 Å². The Morgan fingerprint density at radius 3 is 2.69 bits per heavy atom. The fourth-order valence-electron chi connectivity index (χ4n) is 4.88. The molecule has 36 heavy (non-hydrogen) atoms. The minimum Gasteiger partial charge on any atom is -0.379 e. The number of carbonyl (C=O) groups is 1. The number of hydrogen-bond donors (Lipinski definition) is 1. The average molecular weight is 515 g/mol. The van der Waals surface area contributed by atoms with Crippen LogP contribution in [0.2, 0.25) is 0 Å². The largest absolute Gasteiger partial charge is 0.416 e. The van der Waals surface area contributed by atoms with E-state index in [1.165, 1.54) is 6.07 Å². The lowest BCUT2D eigenvalue weighted by atomic mass is 9.78. The van der Waals surface area contributed by atoms with Crippen LogP contribution in [0.4, 0.5) is 13.2 Å². The molecule has 1 aromatic carbocycles. The van der Waals surface area contributed by atoms with Crippen molar-refractivity contribution in [3.8, 4) is 0 Å². The van der Waals surface area contributed by atoms with Crippen molar-refractivity contribution in [3.05, 3.63) is 48.0 Å². The molecular weight excluding hydrogens is 481 g/mol. The van der Waals surface area contributed by atoms with E-state index in [1.54, 1.807) is 31.0 Å². The SMILES string of the molecule is C=CCOC1C[C@](OCc2cccc(C(F)(F)F)c2)(C(=O)NN2CCOCC2)C[C@H]2OC(C)(C)O[C@@H]12. The van der Waals surface area contributed by atoms with Crippen molar-refractivity contribution in [3.63, 3.8) is 0 Å². The molecule has 1 aliphatic carbocycles. The molecule has 3 aliphatic rings. The molecule has 1 unspecified atom stereocenters. The number of fused-ring (bicyclic) bond motifs is 1. The highest BCUT2D eigenvalue weighted by atomic mass is 19.4. The van der Waals surface area contributed by atoms with Gasteiger partial charge in [-0.05, 0) is 31.5 Å². The summed E-state index contributed by atoms with van der Waals surface area (Å²) in [6.07, 6.45) is -4.09. The second kappa shape index (κ2) is 10.8. The lowest BCUT2D eigenvalue weighted by Crippen LogP contribution is -2.63. The summed E-state index contributed by atoms with van der Waals surface area (Å²) in [5.74, 6) is -1.29. The molecule has 0 radical (unpaired) electrons. The van der Waals surface area contributed by atoms with Crippen LogP contribution in [0, 0.1) is 0 Å².